The molecular formula is C24H27BrN2O2S. The molecule has 0 bridgehead atoms. The van der Waals surface area contributed by atoms with Crippen LogP contribution in [0, 0.1) is 13.8 Å². The van der Waals surface area contributed by atoms with Gasteiger partial charge in [0.05, 0.1) is 12.2 Å². The van der Waals surface area contributed by atoms with E-state index in [-0.39, 0.29) is 11.9 Å². The number of nitrogens with zero attached hydrogens (tertiary/aromatic N) is 2. The second-order valence-electron chi connectivity index (χ2n) is 7.55. The zero-order valence-electron chi connectivity index (χ0n) is 17.8. The molecule has 0 aliphatic heterocycles. The Kier molecular flexibility index (Phi) is 7.67. The zero-order valence-corrected chi connectivity index (χ0v) is 20.2. The Balaban J connectivity index is 1.70. The minimum absolute atomic E-state index is 0.0201. The first-order valence-corrected chi connectivity index (χ1v) is 11.7. The molecule has 0 fully saturated rings. The fourth-order valence-electron chi connectivity index (χ4n) is 3.26. The van der Waals surface area contributed by atoms with E-state index in [9.17, 15) is 4.79 Å². The SMILES string of the molecule is CC[C@@H](C)N(Cc1csc(COc2cc(C)cc(C)c2)n1)C(=O)c1cccc(Br)c1. The first kappa shape index (κ1) is 22.5. The maximum Gasteiger partial charge on any atom is 0.254 e. The maximum atomic E-state index is 13.1. The summed E-state index contributed by atoms with van der Waals surface area (Å²) in [5, 5.41) is 2.92. The minimum Gasteiger partial charge on any atom is -0.486 e. The van der Waals surface area contributed by atoms with E-state index in [2.05, 4.69) is 49.7 Å². The Bertz CT molecular complexity index is 998. The third-order valence-corrected chi connectivity index (χ3v) is 6.31. The highest BCUT2D eigenvalue weighted by atomic mass is 79.9. The van der Waals surface area contributed by atoms with Crippen molar-refractivity contribution >= 4 is 33.2 Å². The summed E-state index contributed by atoms with van der Waals surface area (Å²) in [5.74, 6) is 0.877. The Morgan fingerprint density at radius 2 is 1.93 bits per heavy atom. The zero-order chi connectivity index (χ0) is 21.7. The summed E-state index contributed by atoms with van der Waals surface area (Å²) >= 11 is 5.02. The van der Waals surface area contributed by atoms with Crippen molar-refractivity contribution < 1.29 is 9.53 Å². The van der Waals surface area contributed by atoms with E-state index in [0.717, 1.165) is 27.3 Å². The molecule has 3 aromatic rings. The second-order valence-corrected chi connectivity index (χ2v) is 9.40. The molecule has 4 nitrogen and oxygen atoms in total. The molecule has 0 saturated carbocycles. The van der Waals surface area contributed by atoms with Crippen LogP contribution in [0.3, 0.4) is 0 Å². The molecule has 2 aromatic carbocycles. The van der Waals surface area contributed by atoms with Gasteiger partial charge in [0.25, 0.3) is 5.91 Å². The number of benzene rings is 2. The summed E-state index contributed by atoms with van der Waals surface area (Å²) in [6.07, 6.45) is 0.882. The van der Waals surface area contributed by atoms with Gasteiger partial charge in [0.1, 0.15) is 17.4 Å². The first-order valence-electron chi connectivity index (χ1n) is 10.1. The topological polar surface area (TPSA) is 42.4 Å². The number of aromatic nitrogens is 1. The van der Waals surface area contributed by atoms with Crippen molar-refractivity contribution in [1.29, 1.82) is 0 Å². The van der Waals surface area contributed by atoms with E-state index in [0.29, 0.717) is 18.7 Å². The van der Waals surface area contributed by atoms with Gasteiger partial charge in [-0.3, -0.25) is 4.79 Å². The van der Waals surface area contributed by atoms with Gasteiger partial charge in [-0.15, -0.1) is 11.3 Å². The average molecular weight is 487 g/mol. The van der Waals surface area contributed by atoms with Gasteiger partial charge in [-0.2, -0.15) is 0 Å². The summed E-state index contributed by atoms with van der Waals surface area (Å²) < 4.78 is 6.83. The quantitative estimate of drug-likeness (QED) is 0.362. The summed E-state index contributed by atoms with van der Waals surface area (Å²) in [6.45, 7) is 9.21. The largest absolute Gasteiger partial charge is 0.486 e. The molecule has 0 aliphatic carbocycles. The molecule has 0 N–H and O–H groups in total. The van der Waals surface area contributed by atoms with Gasteiger partial charge in [-0.1, -0.05) is 35.0 Å². The van der Waals surface area contributed by atoms with Crippen LogP contribution in [0.15, 0.2) is 52.3 Å². The molecule has 0 aliphatic rings. The molecule has 1 aromatic heterocycles. The smallest absolute Gasteiger partial charge is 0.254 e. The molecule has 6 heteroatoms. The highest BCUT2D eigenvalue weighted by Gasteiger charge is 2.22. The van der Waals surface area contributed by atoms with Crippen molar-refractivity contribution in [3.8, 4) is 5.75 Å². The highest BCUT2D eigenvalue weighted by molar-refractivity contribution is 9.10. The van der Waals surface area contributed by atoms with E-state index in [4.69, 9.17) is 9.72 Å². The number of hydrogen-bond acceptors (Lipinski definition) is 4. The number of hydrogen-bond donors (Lipinski definition) is 0. The molecule has 1 heterocycles. The van der Waals surface area contributed by atoms with E-state index in [1.54, 1.807) is 11.3 Å². The summed E-state index contributed by atoms with van der Waals surface area (Å²) in [7, 11) is 0. The van der Waals surface area contributed by atoms with Crippen LogP contribution in [0.5, 0.6) is 5.75 Å². The standard InChI is InChI=1S/C24H27BrN2O2S/c1-5-18(4)27(24(28)19-7-6-8-20(25)12-19)13-21-15-30-23(26-21)14-29-22-10-16(2)9-17(3)11-22/h6-12,15,18H,5,13-14H2,1-4H3/t18-/m1/s1. The normalized spacial score (nSPS) is 11.9. The number of rotatable bonds is 8. The van der Waals surface area contributed by atoms with Gasteiger partial charge in [0.2, 0.25) is 0 Å². The number of halogens is 1. The van der Waals surface area contributed by atoms with Crippen molar-refractivity contribution in [2.24, 2.45) is 0 Å². The third-order valence-electron chi connectivity index (χ3n) is 4.94. The lowest BCUT2D eigenvalue weighted by Crippen LogP contribution is -2.37. The molecule has 158 valence electrons. The van der Waals surface area contributed by atoms with Crippen LogP contribution >= 0.6 is 27.3 Å². The van der Waals surface area contributed by atoms with Gasteiger partial charge < -0.3 is 9.64 Å². The van der Waals surface area contributed by atoms with Crippen LogP contribution in [-0.2, 0) is 13.2 Å². The fraction of sp³-hybridized carbons (Fsp3) is 0.333. The van der Waals surface area contributed by atoms with Crippen LogP contribution in [-0.4, -0.2) is 21.8 Å². The minimum atomic E-state index is 0.0201. The molecule has 30 heavy (non-hydrogen) atoms. The van der Waals surface area contributed by atoms with E-state index in [1.165, 1.54) is 11.1 Å². The summed E-state index contributed by atoms with van der Waals surface area (Å²) in [5.41, 5.74) is 3.93. The first-order chi connectivity index (χ1) is 14.4. The number of ether oxygens (including phenoxy) is 1. The van der Waals surface area contributed by atoms with Gasteiger partial charge in [-0.05, 0) is 68.7 Å². The lowest BCUT2D eigenvalue weighted by Gasteiger charge is -2.28. The predicted molar refractivity (Wildman–Crippen MR) is 126 cm³/mol. The fourth-order valence-corrected chi connectivity index (χ4v) is 4.35. The van der Waals surface area contributed by atoms with E-state index in [1.807, 2.05) is 46.7 Å². The molecule has 0 radical (unpaired) electrons. The van der Waals surface area contributed by atoms with Crippen LogP contribution in [0.25, 0.3) is 0 Å². The van der Waals surface area contributed by atoms with E-state index < -0.39 is 0 Å². The lowest BCUT2D eigenvalue weighted by molar-refractivity contribution is 0.0669. The number of aryl methyl sites for hydroxylation is 2. The van der Waals surface area contributed by atoms with Gasteiger partial charge >= 0.3 is 0 Å². The second kappa shape index (κ2) is 10.2. The molecule has 0 spiro atoms. The van der Waals surface area contributed by atoms with Crippen molar-refractivity contribution in [2.75, 3.05) is 0 Å². The average Bonchev–Trinajstić information content (AvgIpc) is 3.16. The summed E-state index contributed by atoms with van der Waals surface area (Å²) in [4.78, 5) is 19.7. The Labute approximate surface area is 191 Å². The van der Waals surface area contributed by atoms with Crippen molar-refractivity contribution in [2.45, 2.75) is 53.3 Å². The number of carbonyl (C=O) groups excluding carboxylic acids is 1. The van der Waals surface area contributed by atoms with Crippen LogP contribution in [0.4, 0.5) is 0 Å². The molecular weight excluding hydrogens is 460 g/mol. The van der Waals surface area contributed by atoms with E-state index >= 15 is 0 Å². The highest BCUT2D eigenvalue weighted by Crippen LogP contribution is 2.21. The third kappa shape index (κ3) is 5.92. The van der Waals surface area contributed by atoms with Crippen LogP contribution in [0.2, 0.25) is 0 Å². The van der Waals surface area contributed by atoms with Crippen LogP contribution < -0.4 is 4.74 Å². The predicted octanol–water partition coefficient (Wildman–Crippen LogP) is 6.54. The number of carbonyl (C=O) groups is 1. The summed E-state index contributed by atoms with van der Waals surface area (Å²) in [6, 6.07) is 13.8. The molecule has 1 atom stereocenters. The van der Waals surface area contributed by atoms with Gasteiger partial charge in [-0.25, -0.2) is 4.98 Å². The van der Waals surface area contributed by atoms with Crippen molar-refractivity contribution in [1.82, 2.24) is 9.88 Å². The Morgan fingerprint density at radius 1 is 1.20 bits per heavy atom. The number of amides is 1. The molecule has 3 rings (SSSR count). The van der Waals surface area contributed by atoms with Crippen molar-refractivity contribution in [3.63, 3.8) is 0 Å². The van der Waals surface area contributed by atoms with Crippen molar-refractivity contribution in [3.05, 3.63) is 79.7 Å². The van der Waals surface area contributed by atoms with Gasteiger partial charge in [0.15, 0.2) is 0 Å². The molecule has 1 amide bonds. The molecule has 0 unspecified atom stereocenters. The Hall–Kier alpha value is -2.18. The maximum absolute atomic E-state index is 13.1. The monoisotopic (exact) mass is 486 g/mol. The van der Waals surface area contributed by atoms with Crippen LogP contribution in [0.1, 0.15) is 52.5 Å². The van der Waals surface area contributed by atoms with Gasteiger partial charge in [0, 0.05) is 21.5 Å². The lowest BCUT2D eigenvalue weighted by atomic mass is 10.1. The molecule has 0 saturated heterocycles. The number of thiazole rings is 1. The Morgan fingerprint density at radius 3 is 2.60 bits per heavy atom.